The summed E-state index contributed by atoms with van der Waals surface area (Å²) in [6.07, 6.45) is 0.864. The van der Waals surface area contributed by atoms with Crippen LogP contribution < -0.4 is 5.32 Å². The van der Waals surface area contributed by atoms with E-state index < -0.39 is 11.0 Å². The minimum absolute atomic E-state index is 0.00611. The van der Waals surface area contributed by atoms with Crippen LogP contribution in [0.1, 0.15) is 17.5 Å². The zero-order valence-corrected chi connectivity index (χ0v) is 10.9. The molecule has 0 amide bonds. The molecule has 1 unspecified atom stereocenters. The molecule has 106 valence electrons. The summed E-state index contributed by atoms with van der Waals surface area (Å²) in [5, 5.41) is 27.6. The summed E-state index contributed by atoms with van der Waals surface area (Å²) in [6, 6.07) is 5.84. The number of nitro groups is 1. The van der Waals surface area contributed by atoms with Gasteiger partial charge in [0.05, 0.1) is 17.6 Å². The fourth-order valence-corrected chi connectivity index (χ4v) is 1.72. The van der Waals surface area contributed by atoms with Crippen LogP contribution in [-0.2, 0) is 13.6 Å². The number of hydrogen-bond donors (Lipinski definition) is 2. The number of hydrogen-bond acceptors (Lipinski definition) is 6. The molecule has 2 aromatic rings. The van der Waals surface area contributed by atoms with Crippen molar-refractivity contribution in [2.45, 2.75) is 12.6 Å². The molecule has 0 bridgehead atoms. The molecule has 20 heavy (non-hydrogen) atoms. The summed E-state index contributed by atoms with van der Waals surface area (Å²) in [5.41, 5.74) is 0.628. The summed E-state index contributed by atoms with van der Waals surface area (Å²) in [5.74, 6) is 0.642. The molecule has 8 nitrogen and oxygen atoms in total. The van der Waals surface area contributed by atoms with Gasteiger partial charge in [-0.15, -0.1) is 0 Å². The number of nitro benzene ring substituents is 1. The summed E-state index contributed by atoms with van der Waals surface area (Å²) in [4.78, 5) is 14.1. The van der Waals surface area contributed by atoms with Crippen molar-refractivity contribution >= 4 is 5.69 Å². The first kappa shape index (κ1) is 14.1. The van der Waals surface area contributed by atoms with Gasteiger partial charge < -0.3 is 10.4 Å². The number of aliphatic hydroxyl groups is 1. The number of nitrogens with zero attached hydrogens (tertiary/aromatic N) is 4. The van der Waals surface area contributed by atoms with Gasteiger partial charge in [0.1, 0.15) is 6.33 Å². The average Bonchev–Trinajstić information content (AvgIpc) is 2.84. The molecule has 0 radical (unpaired) electrons. The molecule has 8 heteroatoms. The lowest BCUT2D eigenvalue weighted by Crippen LogP contribution is -2.21. The first-order valence-electron chi connectivity index (χ1n) is 6.04. The van der Waals surface area contributed by atoms with E-state index in [1.165, 1.54) is 12.1 Å². The minimum atomic E-state index is -0.737. The lowest BCUT2D eigenvalue weighted by molar-refractivity contribution is -0.384. The normalized spacial score (nSPS) is 12.3. The van der Waals surface area contributed by atoms with Gasteiger partial charge in [0.15, 0.2) is 5.82 Å². The molecule has 2 N–H and O–H groups in total. The maximum atomic E-state index is 10.5. The number of rotatable bonds is 6. The van der Waals surface area contributed by atoms with E-state index in [9.17, 15) is 15.2 Å². The maximum Gasteiger partial charge on any atom is 0.269 e. The Morgan fingerprint density at radius 1 is 1.45 bits per heavy atom. The Morgan fingerprint density at radius 2 is 2.15 bits per heavy atom. The third-order valence-corrected chi connectivity index (χ3v) is 2.76. The summed E-state index contributed by atoms with van der Waals surface area (Å²) >= 11 is 0. The second-order valence-electron chi connectivity index (χ2n) is 4.33. The van der Waals surface area contributed by atoms with Crippen LogP contribution in [-0.4, -0.2) is 31.3 Å². The van der Waals surface area contributed by atoms with Gasteiger partial charge in [0.25, 0.3) is 5.69 Å². The third-order valence-electron chi connectivity index (χ3n) is 2.76. The Balaban J connectivity index is 1.85. The molecule has 0 aliphatic heterocycles. The van der Waals surface area contributed by atoms with Crippen LogP contribution in [0.15, 0.2) is 30.6 Å². The maximum absolute atomic E-state index is 10.5. The first-order chi connectivity index (χ1) is 9.56. The summed E-state index contributed by atoms with van der Waals surface area (Å²) in [7, 11) is 1.78. The predicted molar refractivity (Wildman–Crippen MR) is 70.8 cm³/mol. The van der Waals surface area contributed by atoms with Gasteiger partial charge in [-0.1, -0.05) is 0 Å². The molecular weight excluding hydrogens is 262 g/mol. The SMILES string of the molecule is Cn1cnc(CNCC(O)c2ccc([N+](=O)[O-])cc2)n1. The van der Waals surface area contributed by atoms with Gasteiger partial charge in [-0.3, -0.25) is 14.8 Å². The third kappa shape index (κ3) is 3.59. The van der Waals surface area contributed by atoms with E-state index in [4.69, 9.17) is 0 Å². The zero-order chi connectivity index (χ0) is 14.5. The molecule has 0 spiro atoms. The Hall–Kier alpha value is -2.32. The highest BCUT2D eigenvalue weighted by Crippen LogP contribution is 2.17. The van der Waals surface area contributed by atoms with Crippen molar-refractivity contribution in [3.8, 4) is 0 Å². The Labute approximate surface area is 115 Å². The first-order valence-corrected chi connectivity index (χ1v) is 6.04. The number of non-ortho nitro benzene ring substituents is 1. The van der Waals surface area contributed by atoms with Crippen LogP contribution in [0.25, 0.3) is 0 Å². The van der Waals surface area contributed by atoms with Crippen molar-refractivity contribution in [2.75, 3.05) is 6.54 Å². The second kappa shape index (κ2) is 6.22. The zero-order valence-electron chi connectivity index (χ0n) is 10.9. The molecule has 0 fully saturated rings. The van der Waals surface area contributed by atoms with Crippen LogP contribution in [0.2, 0.25) is 0 Å². The molecular formula is C12H15N5O3. The standard InChI is InChI=1S/C12H15N5O3/c1-16-8-14-12(15-16)7-13-6-11(18)9-2-4-10(5-3-9)17(19)20/h2-5,8,11,13,18H,6-7H2,1H3. The van der Waals surface area contributed by atoms with Crippen molar-refractivity contribution < 1.29 is 10.0 Å². The number of aromatic nitrogens is 3. The van der Waals surface area contributed by atoms with E-state index >= 15 is 0 Å². The highest BCUT2D eigenvalue weighted by molar-refractivity contribution is 5.33. The van der Waals surface area contributed by atoms with E-state index in [1.807, 2.05) is 0 Å². The van der Waals surface area contributed by atoms with Gasteiger partial charge in [0.2, 0.25) is 0 Å². The Bertz CT molecular complexity index is 581. The molecule has 0 saturated heterocycles. The average molecular weight is 277 g/mol. The molecule has 1 atom stereocenters. The molecule has 1 aromatic carbocycles. The van der Waals surface area contributed by atoms with E-state index in [2.05, 4.69) is 15.4 Å². The Morgan fingerprint density at radius 3 is 2.70 bits per heavy atom. The fraction of sp³-hybridized carbons (Fsp3) is 0.333. The van der Waals surface area contributed by atoms with Gasteiger partial charge in [0, 0.05) is 25.7 Å². The van der Waals surface area contributed by atoms with Crippen LogP contribution >= 0.6 is 0 Å². The Kier molecular flexibility index (Phi) is 4.38. The molecule has 0 aliphatic rings. The van der Waals surface area contributed by atoms with Crippen LogP contribution in [0.4, 0.5) is 5.69 Å². The molecule has 1 aromatic heterocycles. The van der Waals surface area contributed by atoms with Gasteiger partial charge in [-0.05, 0) is 17.7 Å². The van der Waals surface area contributed by atoms with E-state index in [0.29, 0.717) is 24.5 Å². The largest absolute Gasteiger partial charge is 0.387 e. The smallest absolute Gasteiger partial charge is 0.269 e. The van der Waals surface area contributed by atoms with Crippen molar-refractivity contribution in [3.05, 3.63) is 52.1 Å². The molecule has 0 aliphatic carbocycles. The lowest BCUT2D eigenvalue weighted by atomic mass is 10.1. The fourth-order valence-electron chi connectivity index (χ4n) is 1.72. The monoisotopic (exact) mass is 277 g/mol. The van der Waals surface area contributed by atoms with E-state index in [-0.39, 0.29) is 5.69 Å². The predicted octanol–water partition coefficient (Wildman–Crippen LogP) is 0.547. The number of aryl methyl sites for hydroxylation is 1. The summed E-state index contributed by atoms with van der Waals surface area (Å²) < 4.78 is 1.60. The highest BCUT2D eigenvalue weighted by Gasteiger charge is 2.10. The van der Waals surface area contributed by atoms with Crippen LogP contribution in [0, 0.1) is 10.1 Å². The molecule has 0 saturated carbocycles. The number of aliphatic hydroxyl groups excluding tert-OH is 1. The number of nitrogens with one attached hydrogen (secondary N) is 1. The topological polar surface area (TPSA) is 106 Å². The highest BCUT2D eigenvalue weighted by atomic mass is 16.6. The second-order valence-corrected chi connectivity index (χ2v) is 4.33. The van der Waals surface area contributed by atoms with Crippen LogP contribution in [0.3, 0.4) is 0 Å². The van der Waals surface area contributed by atoms with Gasteiger partial charge in [-0.2, -0.15) is 5.10 Å². The molecule has 1 heterocycles. The van der Waals surface area contributed by atoms with Crippen molar-refractivity contribution in [1.82, 2.24) is 20.1 Å². The van der Waals surface area contributed by atoms with E-state index in [1.54, 1.807) is 30.2 Å². The van der Waals surface area contributed by atoms with E-state index in [0.717, 1.165) is 0 Å². The quantitative estimate of drug-likeness (QED) is 0.590. The van der Waals surface area contributed by atoms with Crippen molar-refractivity contribution in [2.24, 2.45) is 7.05 Å². The number of benzene rings is 1. The molecule has 2 rings (SSSR count). The van der Waals surface area contributed by atoms with Crippen molar-refractivity contribution in [1.29, 1.82) is 0 Å². The minimum Gasteiger partial charge on any atom is -0.387 e. The van der Waals surface area contributed by atoms with Gasteiger partial charge in [-0.25, -0.2) is 4.98 Å². The van der Waals surface area contributed by atoms with Crippen LogP contribution in [0.5, 0.6) is 0 Å². The van der Waals surface area contributed by atoms with Gasteiger partial charge >= 0.3 is 0 Å². The van der Waals surface area contributed by atoms with Crippen molar-refractivity contribution in [3.63, 3.8) is 0 Å². The lowest BCUT2D eigenvalue weighted by Gasteiger charge is -2.11. The summed E-state index contributed by atoms with van der Waals surface area (Å²) in [6.45, 7) is 0.765.